The summed E-state index contributed by atoms with van der Waals surface area (Å²) < 4.78 is 14.6. The van der Waals surface area contributed by atoms with Gasteiger partial charge in [-0.1, -0.05) is 0 Å². The molecule has 0 aliphatic carbocycles. The average Bonchev–Trinajstić information content (AvgIpc) is 2.61. The largest absolute Gasteiger partial charge is 0.328 e. The minimum atomic E-state index is -0.241. The number of rotatable bonds is 3. The number of hydrogen-bond acceptors (Lipinski definition) is 2. The summed E-state index contributed by atoms with van der Waals surface area (Å²) in [5.74, 6) is -0.241. The molecule has 1 atom stereocenters. The lowest BCUT2D eigenvalue weighted by Gasteiger charge is -2.07. The maximum Gasteiger partial charge on any atom is 0.123 e. The third kappa shape index (κ3) is 2.53. The Morgan fingerprint density at radius 3 is 2.59 bits per heavy atom. The normalized spacial score (nSPS) is 12.7. The van der Waals surface area contributed by atoms with Crippen molar-refractivity contribution in [2.45, 2.75) is 26.3 Å². The molecule has 0 bridgehead atoms. The third-order valence-electron chi connectivity index (χ3n) is 2.72. The number of nitrogens with two attached hydrogens (primary N) is 1. The van der Waals surface area contributed by atoms with E-state index in [1.54, 1.807) is 16.8 Å². The van der Waals surface area contributed by atoms with E-state index in [2.05, 4.69) is 5.10 Å². The number of nitrogens with zero attached hydrogens (tertiary/aromatic N) is 2. The van der Waals surface area contributed by atoms with Gasteiger partial charge in [0, 0.05) is 11.7 Å². The molecule has 0 fully saturated rings. The topological polar surface area (TPSA) is 43.8 Å². The fourth-order valence-corrected chi connectivity index (χ4v) is 1.83. The van der Waals surface area contributed by atoms with Crippen LogP contribution in [0.2, 0.25) is 0 Å². The zero-order valence-electron chi connectivity index (χ0n) is 10.0. The van der Waals surface area contributed by atoms with Crippen LogP contribution < -0.4 is 5.73 Å². The molecular formula is C13H16FN3. The van der Waals surface area contributed by atoms with Gasteiger partial charge >= 0.3 is 0 Å². The highest BCUT2D eigenvalue weighted by Crippen LogP contribution is 2.15. The van der Waals surface area contributed by atoms with Gasteiger partial charge in [-0.25, -0.2) is 9.07 Å². The van der Waals surface area contributed by atoms with E-state index in [4.69, 9.17) is 5.73 Å². The van der Waals surface area contributed by atoms with Crippen molar-refractivity contribution in [3.63, 3.8) is 0 Å². The van der Waals surface area contributed by atoms with Gasteiger partial charge in [0.1, 0.15) is 5.82 Å². The standard InChI is InChI=1S/C13H16FN3/c1-9(15)7-11-8-16-17(10(11)2)13-5-3-12(14)4-6-13/h3-6,8-9H,7,15H2,1-2H3. The molecule has 1 aromatic heterocycles. The van der Waals surface area contributed by atoms with Crippen molar-refractivity contribution in [1.82, 2.24) is 9.78 Å². The van der Waals surface area contributed by atoms with Crippen LogP contribution in [0, 0.1) is 12.7 Å². The maximum absolute atomic E-state index is 12.8. The van der Waals surface area contributed by atoms with Crippen molar-refractivity contribution in [2.75, 3.05) is 0 Å². The van der Waals surface area contributed by atoms with E-state index in [9.17, 15) is 4.39 Å². The maximum atomic E-state index is 12.8. The Bertz CT molecular complexity index is 500. The molecular weight excluding hydrogens is 217 g/mol. The van der Waals surface area contributed by atoms with Gasteiger partial charge in [-0.15, -0.1) is 0 Å². The first-order valence-corrected chi connectivity index (χ1v) is 5.63. The monoisotopic (exact) mass is 233 g/mol. The van der Waals surface area contributed by atoms with Crippen LogP contribution in [0.25, 0.3) is 5.69 Å². The van der Waals surface area contributed by atoms with Crippen LogP contribution in [0.15, 0.2) is 30.5 Å². The van der Waals surface area contributed by atoms with Crippen LogP contribution in [0.5, 0.6) is 0 Å². The van der Waals surface area contributed by atoms with Gasteiger partial charge in [-0.05, 0) is 50.1 Å². The van der Waals surface area contributed by atoms with E-state index in [0.717, 1.165) is 23.4 Å². The fourth-order valence-electron chi connectivity index (χ4n) is 1.83. The predicted molar refractivity (Wildman–Crippen MR) is 65.6 cm³/mol. The van der Waals surface area contributed by atoms with Gasteiger partial charge in [0.15, 0.2) is 0 Å². The average molecular weight is 233 g/mol. The molecule has 0 aliphatic heterocycles. The fraction of sp³-hybridized carbons (Fsp3) is 0.308. The van der Waals surface area contributed by atoms with E-state index < -0.39 is 0 Å². The van der Waals surface area contributed by atoms with Gasteiger partial charge in [0.05, 0.1) is 11.9 Å². The molecule has 1 unspecified atom stereocenters. The molecule has 0 saturated carbocycles. The number of aromatic nitrogens is 2. The summed E-state index contributed by atoms with van der Waals surface area (Å²) in [7, 11) is 0. The lowest BCUT2D eigenvalue weighted by atomic mass is 10.1. The Hall–Kier alpha value is -1.68. The first-order valence-electron chi connectivity index (χ1n) is 5.63. The van der Waals surface area contributed by atoms with Crippen LogP contribution in [0.4, 0.5) is 4.39 Å². The van der Waals surface area contributed by atoms with E-state index in [-0.39, 0.29) is 11.9 Å². The Morgan fingerprint density at radius 2 is 2.00 bits per heavy atom. The second kappa shape index (κ2) is 4.67. The van der Waals surface area contributed by atoms with Crippen molar-refractivity contribution in [1.29, 1.82) is 0 Å². The second-order valence-corrected chi connectivity index (χ2v) is 4.32. The zero-order chi connectivity index (χ0) is 12.4. The first-order chi connectivity index (χ1) is 8.08. The van der Waals surface area contributed by atoms with E-state index >= 15 is 0 Å². The molecule has 0 saturated heterocycles. The van der Waals surface area contributed by atoms with Crippen LogP contribution >= 0.6 is 0 Å². The highest BCUT2D eigenvalue weighted by Gasteiger charge is 2.09. The molecule has 2 rings (SSSR count). The van der Waals surface area contributed by atoms with Gasteiger partial charge < -0.3 is 5.73 Å². The lowest BCUT2D eigenvalue weighted by molar-refractivity contribution is 0.627. The highest BCUT2D eigenvalue weighted by atomic mass is 19.1. The van der Waals surface area contributed by atoms with E-state index in [1.807, 2.05) is 20.0 Å². The highest BCUT2D eigenvalue weighted by molar-refractivity contribution is 5.35. The van der Waals surface area contributed by atoms with Crippen LogP contribution in [-0.4, -0.2) is 15.8 Å². The summed E-state index contributed by atoms with van der Waals surface area (Å²) in [4.78, 5) is 0. The van der Waals surface area contributed by atoms with Gasteiger partial charge in [0.25, 0.3) is 0 Å². The molecule has 3 nitrogen and oxygen atoms in total. The van der Waals surface area contributed by atoms with Crippen molar-refractivity contribution >= 4 is 0 Å². The number of benzene rings is 1. The molecule has 2 N–H and O–H groups in total. The van der Waals surface area contributed by atoms with Crippen molar-refractivity contribution in [2.24, 2.45) is 5.73 Å². The van der Waals surface area contributed by atoms with Gasteiger partial charge in [-0.3, -0.25) is 0 Å². The molecule has 0 radical (unpaired) electrons. The van der Waals surface area contributed by atoms with Crippen LogP contribution in [0.1, 0.15) is 18.2 Å². The van der Waals surface area contributed by atoms with Gasteiger partial charge in [-0.2, -0.15) is 5.10 Å². The summed E-state index contributed by atoms with van der Waals surface area (Å²) in [5.41, 5.74) is 8.81. The minimum absolute atomic E-state index is 0.111. The predicted octanol–water partition coefficient (Wildman–Crippen LogP) is 2.21. The molecule has 17 heavy (non-hydrogen) atoms. The second-order valence-electron chi connectivity index (χ2n) is 4.32. The molecule has 1 aromatic carbocycles. The summed E-state index contributed by atoms with van der Waals surface area (Å²) >= 11 is 0. The van der Waals surface area contributed by atoms with E-state index in [0.29, 0.717) is 0 Å². The quantitative estimate of drug-likeness (QED) is 0.883. The van der Waals surface area contributed by atoms with Gasteiger partial charge in [0.2, 0.25) is 0 Å². The molecule has 1 heterocycles. The third-order valence-corrected chi connectivity index (χ3v) is 2.72. The smallest absolute Gasteiger partial charge is 0.123 e. The Balaban J connectivity index is 2.33. The molecule has 4 heteroatoms. The Labute approximate surface area is 100 Å². The summed E-state index contributed by atoms with van der Waals surface area (Å²) in [5, 5.41) is 4.31. The molecule has 0 amide bonds. The lowest BCUT2D eigenvalue weighted by Crippen LogP contribution is -2.18. The molecule has 2 aromatic rings. The Kier molecular flexibility index (Phi) is 3.24. The summed E-state index contributed by atoms with van der Waals surface area (Å²) in [6.07, 6.45) is 2.62. The SMILES string of the molecule is Cc1c(CC(C)N)cnn1-c1ccc(F)cc1. The zero-order valence-corrected chi connectivity index (χ0v) is 10.0. The number of hydrogen-bond donors (Lipinski definition) is 1. The van der Waals surface area contributed by atoms with Crippen LogP contribution in [-0.2, 0) is 6.42 Å². The van der Waals surface area contributed by atoms with E-state index in [1.165, 1.54) is 12.1 Å². The van der Waals surface area contributed by atoms with Crippen molar-refractivity contribution < 1.29 is 4.39 Å². The van der Waals surface area contributed by atoms with Crippen LogP contribution in [0.3, 0.4) is 0 Å². The molecule has 0 aliphatic rings. The summed E-state index contributed by atoms with van der Waals surface area (Å²) in [6.45, 7) is 3.96. The minimum Gasteiger partial charge on any atom is -0.328 e. The Morgan fingerprint density at radius 1 is 1.35 bits per heavy atom. The molecule has 0 spiro atoms. The van der Waals surface area contributed by atoms with Crippen molar-refractivity contribution in [3.8, 4) is 5.69 Å². The first kappa shape index (κ1) is 11.8. The number of halogens is 1. The van der Waals surface area contributed by atoms with Crippen molar-refractivity contribution in [3.05, 3.63) is 47.5 Å². The molecule has 90 valence electrons. The summed E-state index contributed by atoms with van der Waals surface area (Å²) in [6, 6.07) is 6.40.